The molecule has 1 aliphatic rings. The molecule has 0 aromatic heterocycles. The van der Waals surface area contributed by atoms with Crippen molar-refractivity contribution in [2.45, 2.75) is 64.7 Å². The fourth-order valence-electron chi connectivity index (χ4n) is 4.05. The Hall–Kier alpha value is -1.63. The molecule has 0 N–H and O–H groups in total. The van der Waals surface area contributed by atoms with Crippen molar-refractivity contribution in [1.29, 1.82) is 0 Å². The zero-order chi connectivity index (χ0) is 16.9. The highest BCUT2D eigenvalue weighted by atomic mass is 19.1. The summed E-state index contributed by atoms with van der Waals surface area (Å²) in [5.41, 5.74) is 4.37. The van der Waals surface area contributed by atoms with E-state index in [1.807, 2.05) is 6.07 Å². The maximum Gasteiger partial charge on any atom is 0.127 e. The van der Waals surface area contributed by atoms with Gasteiger partial charge in [-0.2, -0.15) is 0 Å². The number of hydrogen-bond donors (Lipinski definition) is 0. The van der Waals surface area contributed by atoms with Gasteiger partial charge in [0.25, 0.3) is 0 Å². The largest absolute Gasteiger partial charge is 0.207 e. The lowest BCUT2D eigenvalue weighted by molar-refractivity contribution is 0.319. The highest BCUT2D eigenvalue weighted by Gasteiger charge is 2.21. The monoisotopic (exact) mass is 324 g/mol. The Balaban J connectivity index is 1.71. The van der Waals surface area contributed by atoms with Gasteiger partial charge in [0, 0.05) is 0 Å². The van der Waals surface area contributed by atoms with Crippen molar-refractivity contribution in [2.24, 2.45) is 5.92 Å². The highest BCUT2D eigenvalue weighted by molar-refractivity contribution is 5.64. The van der Waals surface area contributed by atoms with Gasteiger partial charge in [-0.3, -0.25) is 0 Å². The summed E-state index contributed by atoms with van der Waals surface area (Å²) in [6, 6.07) is 14.5. The molecule has 1 aliphatic carbocycles. The maximum absolute atomic E-state index is 14.2. The van der Waals surface area contributed by atoms with Crippen LogP contribution in [0.2, 0.25) is 0 Å². The van der Waals surface area contributed by atoms with E-state index < -0.39 is 0 Å². The molecule has 0 saturated heterocycles. The highest BCUT2D eigenvalue weighted by Crippen LogP contribution is 2.37. The second-order valence-electron chi connectivity index (χ2n) is 7.30. The van der Waals surface area contributed by atoms with Crippen LogP contribution in [0.1, 0.15) is 69.4 Å². The molecule has 24 heavy (non-hydrogen) atoms. The molecule has 0 heterocycles. The van der Waals surface area contributed by atoms with E-state index >= 15 is 0 Å². The lowest BCUT2D eigenvalue weighted by Crippen LogP contribution is -2.12. The van der Waals surface area contributed by atoms with Gasteiger partial charge >= 0.3 is 0 Å². The van der Waals surface area contributed by atoms with Gasteiger partial charge in [-0.05, 0) is 72.3 Å². The summed E-state index contributed by atoms with van der Waals surface area (Å²) in [5.74, 6) is 1.58. The Bertz CT molecular complexity index is 648. The van der Waals surface area contributed by atoms with E-state index in [0.717, 1.165) is 35.4 Å². The van der Waals surface area contributed by atoms with E-state index in [0.29, 0.717) is 5.92 Å². The minimum Gasteiger partial charge on any atom is -0.207 e. The molecular formula is C23H29F. The van der Waals surface area contributed by atoms with Gasteiger partial charge in [0.1, 0.15) is 5.82 Å². The number of aryl methyl sites for hydroxylation is 1. The summed E-state index contributed by atoms with van der Waals surface area (Å²) in [4.78, 5) is 0. The van der Waals surface area contributed by atoms with Crippen molar-refractivity contribution in [2.75, 3.05) is 0 Å². The van der Waals surface area contributed by atoms with Gasteiger partial charge < -0.3 is 0 Å². The van der Waals surface area contributed by atoms with Gasteiger partial charge in [0.15, 0.2) is 0 Å². The first-order valence-corrected chi connectivity index (χ1v) is 9.60. The first kappa shape index (κ1) is 17.2. The molecule has 2 aromatic carbocycles. The molecule has 0 atom stereocenters. The molecule has 1 fully saturated rings. The first-order valence-electron chi connectivity index (χ1n) is 9.60. The van der Waals surface area contributed by atoms with E-state index in [1.54, 1.807) is 6.07 Å². The molecule has 0 spiro atoms. The average Bonchev–Trinajstić information content (AvgIpc) is 2.64. The predicted molar refractivity (Wildman–Crippen MR) is 101 cm³/mol. The van der Waals surface area contributed by atoms with Crippen LogP contribution >= 0.6 is 0 Å². The molecule has 0 nitrogen and oxygen atoms in total. The topological polar surface area (TPSA) is 0 Å². The van der Waals surface area contributed by atoms with Gasteiger partial charge in [0.2, 0.25) is 0 Å². The van der Waals surface area contributed by atoms with Crippen molar-refractivity contribution in [3.63, 3.8) is 0 Å². The lowest BCUT2D eigenvalue weighted by Gasteiger charge is -2.28. The maximum atomic E-state index is 14.2. The smallest absolute Gasteiger partial charge is 0.127 e. The van der Waals surface area contributed by atoms with Gasteiger partial charge in [0.05, 0.1) is 0 Å². The van der Waals surface area contributed by atoms with Crippen LogP contribution in [-0.2, 0) is 6.42 Å². The quantitative estimate of drug-likeness (QED) is 0.549. The number of halogens is 1. The summed E-state index contributed by atoms with van der Waals surface area (Å²) in [5, 5.41) is 0. The zero-order valence-electron chi connectivity index (χ0n) is 15.0. The Morgan fingerprint density at radius 1 is 0.875 bits per heavy atom. The Morgan fingerprint density at radius 3 is 2.12 bits per heavy atom. The Kier molecular flexibility index (Phi) is 5.71. The zero-order valence-corrected chi connectivity index (χ0v) is 15.0. The molecule has 3 rings (SSSR count). The summed E-state index contributed by atoms with van der Waals surface area (Å²) in [6.45, 7) is 4.39. The van der Waals surface area contributed by atoms with Crippen molar-refractivity contribution >= 4 is 0 Å². The van der Waals surface area contributed by atoms with Crippen LogP contribution < -0.4 is 0 Å². The van der Waals surface area contributed by atoms with Crippen LogP contribution in [-0.4, -0.2) is 0 Å². The van der Waals surface area contributed by atoms with Crippen LogP contribution in [0.4, 0.5) is 4.39 Å². The van der Waals surface area contributed by atoms with Crippen molar-refractivity contribution in [3.05, 3.63) is 59.4 Å². The predicted octanol–water partition coefficient (Wildman–Crippen LogP) is 7.13. The van der Waals surface area contributed by atoms with Gasteiger partial charge in [-0.15, -0.1) is 0 Å². The average molecular weight is 324 g/mol. The molecule has 0 unspecified atom stereocenters. The van der Waals surface area contributed by atoms with Crippen molar-refractivity contribution < 1.29 is 4.39 Å². The third-order valence-corrected chi connectivity index (χ3v) is 5.71. The van der Waals surface area contributed by atoms with Crippen molar-refractivity contribution in [1.82, 2.24) is 0 Å². The summed E-state index contributed by atoms with van der Waals surface area (Å²) in [6.07, 6.45) is 8.48. The standard InChI is InChI=1S/C23H29F/c1-3-5-21-14-15-22(16-23(21)24)20-12-10-19(11-13-20)18-8-6-17(4-2)7-9-18/h10-18H,3-9H2,1-2H3. The number of rotatable bonds is 5. The van der Waals surface area contributed by atoms with E-state index in [-0.39, 0.29) is 5.82 Å². The molecule has 0 aliphatic heterocycles. The molecule has 0 radical (unpaired) electrons. The van der Waals surface area contributed by atoms with Crippen LogP contribution in [0.15, 0.2) is 42.5 Å². The van der Waals surface area contributed by atoms with Crippen LogP contribution in [0.3, 0.4) is 0 Å². The Morgan fingerprint density at radius 2 is 1.54 bits per heavy atom. The molecule has 128 valence electrons. The normalized spacial score (nSPS) is 21.0. The minimum atomic E-state index is -0.0729. The van der Waals surface area contributed by atoms with Gasteiger partial charge in [-0.1, -0.05) is 63.1 Å². The minimum absolute atomic E-state index is 0.0729. The number of benzene rings is 2. The molecule has 2 aromatic rings. The third-order valence-electron chi connectivity index (χ3n) is 5.71. The van der Waals surface area contributed by atoms with E-state index in [4.69, 9.17) is 0 Å². The van der Waals surface area contributed by atoms with E-state index in [2.05, 4.69) is 44.2 Å². The molecule has 0 amide bonds. The van der Waals surface area contributed by atoms with Crippen LogP contribution in [0.5, 0.6) is 0 Å². The SMILES string of the molecule is CCCc1ccc(-c2ccc(C3CCC(CC)CC3)cc2)cc1F. The first-order chi connectivity index (χ1) is 11.7. The molecule has 1 saturated carbocycles. The van der Waals surface area contributed by atoms with Crippen molar-refractivity contribution in [3.8, 4) is 11.1 Å². The van der Waals surface area contributed by atoms with Gasteiger partial charge in [-0.25, -0.2) is 4.39 Å². The van der Waals surface area contributed by atoms with Crippen LogP contribution in [0.25, 0.3) is 11.1 Å². The molecule has 1 heteroatoms. The fraction of sp³-hybridized carbons (Fsp3) is 0.478. The molecular weight excluding hydrogens is 295 g/mol. The van der Waals surface area contributed by atoms with E-state index in [1.165, 1.54) is 37.7 Å². The fourth-order valence-corrected chi connectivity index (χ4v) is 4.05. The second kappa shape index (κ2) is 7.96. The lowest BCUT2D eigenvalue weighted by atomic mass is 9.77. The molecule has 0 bridgehead atoms. The Labute approximate surface area is 146 Å². The third kappa shape index (κ3) is 3.88. The summed E-state index contributed by atoms with van der Waals surface area (Å²) >= 11 is 0. The van der Waals surface area contributed by atoms with E-state index in [9.17, 15) is 4.39 Å². The summed E-state index contributed by atoms with van der Waals surface area (Å²) in [7, 11) is 0. The number of hydrogen-bond acceptors (Lipinski definition) is 0. The second-order valence-corrected chi connectivity index (χ2v) is 7.30. The van der Waals surface area contributed by atoms with Crippen LogP contribution in [0, 0.1) is 11.7 Å². The summed E-state index contributed by atoms with van der Waals surface area (Å²) < 4.78 is 14.2.